The molecule has 1 aromatic carbocycles. The lowest BCUT2D eigenvalue weighted by molar-refractivity contribution is 0.0635. The number of carbonyl (C=O) groups excluding carboxylic acids is 1. The van der Waals surface area contributed by atoms with Crippen molar-refractivity contribution in [1.82, 2.24) is 35.3 Å². The Morgan fingerprint density at radius 3 is 2.87 bits per heavy atom. The number of hydrogen-bond acceptors (Lipinski definition) is 7. The van der Waals surface area contributed by atoms with E-state index in [0.29, 0.717) is 24.4 Å². The van der Waals surface area contributed by atoms with Crippen LogP contribution in [0.5, 0.6) is 0 Å². The first-order valence-electron chi connectivity index (χ1n) is 9.50. The fraction of sp³-hybridized carbons (Fsp3) is 0.300. The van der Waals surface area contributed by atoms with Crippen molar-refractivity contribution < 1.29 is 13.6 Å². The van der Waals surface area contributed by atoms with Crippen LogP contribution in [0.4, 0.5) is 4.39 Å². The first-order valence-corrected chi connectivity index (χ1v) is 9.50. The van der Waals surface area contributed by atoms with Crippen molar-refractivity contribution in [2.45, 2.75) is 32.0 Å². The highest BCUT2D eigenvalue weighted by Crippen LogP contribution is 2.34. The number of imidazole rings is 1. The number of benzene rings is 1. The lowest BCUT2D eigenvalue weighted by Gasteiger charge is -2.33. The number of aromatic amines is 1. The van der Waals surface area contributed by atoms with Gasteiger partial charge in [-0.2, -0.15) is 10.2 Å². The maximum Gasteiger partial charge on any atom is 0.312 e. The van der Waals surface area contributed by atoms with Gasteiger partial charge in [-0.1, -0.05) is 18.2 Å². The molecule has 1 aliphatic rings. The predicted octanol–water partition coefficient (Wildman–Crippen LogP) is 2.73. The molecule has 0 aliphatic carbocycles. The van der Waals surface area contributed by atoms with Gasteiger partial charge in [0, 0.05) is 24.0 Å². The number of alkyl halides is 1. The molecule has 1 atom stereocenters. The molecule has 4 heterocycles. The first-order chi connectivity index (χ1) is 14.4. The monoisotopic (exact) mass is 407 g/mol. The third-order valence-electron chi connectivity index (χ3n) is 5.10. The average Bonchev–Trinajstić information content (AvgIpc) is 3.41. The summed E-state index contributed by atoms with van der Waals surface area (Å²) in [5.41, 5.74) is 1.09. The summed E-state index contributed by atoms with van der Waals surface area (Å²) < 4.78 is 19.5. The fourth-order valence-electron chi connectivity index (χ4n) is 3.60. The number of amides is 1. The van der Waals surface area contributed by atoms with E-state index in [4.69, 9.17) is 4.42 Å². The Hall–Kier alpha value is -3.69. The van der Waals surface area contributed by atoms with E-state index in [2.05, 4.69) is 30.4 Å². The van der Waals surface area contributed by atoms with Crippen molar-refractivity contribution in [3.63, 3.8) is 0 Å². The molecule has 152 valence electrons. The number of halogens is 1. The summed E-state index contributed by atoms with van der Waals surface area (Å²) in [5, 5.41) is 17.0. The van der Waals surface area contributed by atoms with E-state index < -0.39 is 17.6 Å². The number of carbonyl (C=O) groups is 1. The molecule has 0 radical (unpaired) electrons. The molecule has 0 unspecified atom stereocenters. The van der Waals surface area contributed by atoms with Crippen molar-refractivity contribution in [1.29, 1.82) is 0 Å². The SMILES string of the molecule is CC(C)(F)c1nnc(C(=O)N2CCc3[nH]cnc3[C@H]2c2cc3ccccc3nn2)o1. The molecule has 1 aliphatic heterocycles. The van der Waals surface area contributed by atoms with Crippen LogP contribution in [0.15, 0.2) is 41.1 Å². The second-order valence-corrected chi connectivity index (χ2v) is 7.63. The van der Waals surface area contributed by atoms with Crippen LogP contribution in [0.3, 0.4) is 0 Å². The highest BCUT2D eigenvalue weighted by molar-refractivity contribution is 5.90. The second kappa shape index (κ2) is 6.68. The van der Waals surface area contributed by atoms with E-state index in [-0.39, 0.29) is 11.8 Å². The van der Waals surface area contributed by atoms with Gasteiger partial charge >= 0.3 is 11.8 Å². The Morgan fingerprint density at radius 2 is 2.07 bits per heavy atom. The molecular formula is C20H18FN7O2. The van der Waals surface area contributed by atoms with E-state index in [1.165, 1.54) is 13.8 Å². The van der Waals surface area contributed by atoms with Gasteiger partial charge in [0.1, 0.15) is 6.04 Å². The summed E-state index contributed by atoms with van der Waals surface area (Å²) in [6, 6.07) is 8.91. The van der Waals surface area contributed by atoms with Gasteiger partial charge in [-0.3, -0.25) is 4.79 Å². The van der Waals surface area contributed by atoms with E-state index in [1.54, 1.807) is 11.2 Å². The summed E-state index contributed by atoms with van der Waals surface area (Å²) in [7, 11) is 0. The highest BCUT2D eigenvalue weighted by Gasteiger charge is 2.38. The number of rotatable bonds is 3. The van der Waals surface area contributed by atoms with Crippen LogP contribution in [0, 0.1) is 0 Å². The standard InChI is InChI=1S/C20H18FN7O2/c1-20(2,21)19-27-26-17(30-19)18(29)28-8-7-13-15(23-10-22-13)16(28)14-9-11-5-3-4-6-12(11)24-25-14/h3-6,9-10,16H,7-8H2,1-2H3,(H,22,23)/t16-/m1/s1. The van der Waals surface area contributed by atoms with Crippen molar-refractivity contribution in [3.05, 3.63) is 65.5 Å². The molecule has 30 heavy (non-hydrogen) atoms. The molecule has 0 saturated heterocycles. The number of H-pyrrole nitrogens is 1. The van der Waals surface area contributed by atoms with E-state index >= 15 is 0 Å². The molecule has 0 spiro atoms. The maximum atomic E-state index is 14.1. The molecule has 0 fully saturated rings. The average molecular weight is 407 g/mol. The van der Waals surface area contributed by atoms with E-state index in [0.717, 1.165) is 16.6 Å². The normalized spacial score (nSPS) is 16.6. The topological polar surface area (TPSA) is 114 Å². The van der Waals surface area contributed by atoms with Gasteiger partial charge in [-0.25, -0.2) is 9.37 Å². The number of nitrogens with one attached hydrogen (secondary N) is 1. The fourth-order valence-corrected chi connectivity index (χ4v) is 3.60. The Morgan fingerprint density at radius 1 is 1.23 bits per heavy atom. The molecule has 4 aromatic rings. The zero-order valence-electron chi connectivity index (χ0n) is 16.3. The minimum absolute atomic E-state index is 0.245. The zero-order valence-corrected chi connectivity index (χ0v) is 16.3. The minimum atomic E-state index is -1.84. The molecule has 10 heteroatoms. The third kappa shape index (κ3) is 3.00. The molecular weight excluding hydrogens is 389 g/mol. The highest BCUT2D eigenvalue weighted by atomic mass is 19.1. The van der Waals surface area contributed by atoms with Crippen LogP contribution in [-0.4, -0.2) is 47.7 Å². The molecule has 0 bridgehead atoms. The van der Waals surface area contributed by atoms with Gasteiger partial charge in [-0.05, 0) is 26.0 Å². The van der Waals surface area contributed by atoms with Gasteiger partial charge in [0.2, 0.25) is 0 Å². The molecule has 3 aromatic heterocycles. The Balaban J connectivity index is 1.58. The van der Waals surface area contributed by atoms with Crippen molar-refractivity contribution in [3.8, 4) is 0 Å². The lowest BCUT2D eigenvalue weighted by atomic mass is 9.98. The number of nitrogens with zero attached hydrogens (tertiary/aromatic N) is 6. The van der Waals surface area contributed by atoms with Crippen molar-refractivity contribution in [2.24, 2.45) is 0 Å². The van der Waals surface area contributed by atoms with Gasteiger partial charge in [-0.15, -0.1) is 10.2 Å². The predicted molar refractivity (Wildman–Crippen MR) is 103 cm³/mol. The van der Waals surface area contributed by atoms with E-state index in [9.17, 15) is 9.18 Å². The first kappa shape index (κ1) is 18.3. The zero-order chi connectivity index (χ0) is 20.9. The number of aromatic nitrogens is 6. The Bertz CT molecular complexity index is 1240. The van der Waals surface area contributed by atoms with Crippen LogP contribution in [-0.2, 0) is 12.1 Å². The van der Waals surface area contributed by atoms with Crippen LogP contribution >= 0.6 is 0 Å². The molecule has 1 N–H and O–H groups in total. The lowest BCUT2D eigenvalue weighted by Crippen LogP contribution is -2.41. The summed E-state index contributed by atoms with van der Waals surface area (Å²) >= 11 is 0. The Kier molecular flexibility index (Phi) is 4.09. The summed E-state index contributed by atoms with van der Waals surface area (Å²) in [6.07, 6.45) is 2.17. The van der Waals surface area contributed by atoms with E-state index in [1.807, 2.05) is 30.3 Å². The quantitative estimate of drug-likeness (QED) is 0.555. The summed E-state index contributed by atoms with van der Waals surface area (Å²) in [5.74, 6) is -1.02. The smallest absolute Gasteiger partial charge is 0.312 e. The van der Waals surface area contributed by atoms with Crippen molar-refractivity contribution in [2.75, 3.05) is 6.54 Å². The Labute approximate surface area is 170 Å². The van der Waals surface area contributed by atoms with Crippen LogP contribution in [0.2, 0.25) is 0 Å². The molecule has 9 nitrogen and oxygen atoms in total. The molecule has 0 saturated carbocycles. The van der Waals surface area contributed by atoms with Crippen LogP contribution in [0.1, 0.15) is 53.5 Å². The van der Waals surface area contributed by atoms with Crippen molar-refractivity contribution >= 4 is 16.8 Å². The van der Waals surface area contributed by atoms with Crippen LogP contribution in [0.25, 0.3) is 10.9 Å². The third-order valence-corrected chi connectivity index (χ3v) is 5.10. The van der Waals surface area contributed by atoms with Gasteiger partial charge < -0.3 is 14.3 Å². The second-order valence-electron chi connectivity index (χ2n) is 7.63. The van der Waals surface area contributed by atoms with Gasteiger partial charge in [0.05, 0.1) is 23.2 Å². The maximum absolute atomic E-state index is 14.1. The minimum Gasteiger partial charge on any atom is -0.413 e. The molecule has 1 amide bonds. The van der Waals surface area contributed by atoms with Gasteiger partial charge in [0.15, 0.2) is 5.67 Å². The molecule has 5 rings (SSSR count). The number of fused-ring (bicyclic) bond motifs is 2. The number of hydrogen-bond donors (Lipinski definition) is 1. The van der Waals surface area contributed by atoms with Gasteiger partial charge in [0.25, 0.3) is 5.89 Å². The largest absolute Gasteiger partial charge is 0.413 e. The summed E-state index contributed by atoms with van der Waals surface area (Å²) in [4.78, 5) is 22.3. The van der Waals surface area contributed by atoms with Crippen LogP contribution < -0.4 is 0 Å². The summed E-state index contributed by atoms with van der Waals surface area (Å²) in [6.45, 7) is 2.96.